The summed E-state index contributed by atoms with van der Waals surface area (Å²) in [5, 5.41) is 8.99. The van der Waals surface area contributed by atoms with Gasteiger partial charge >= 0.3 is 5.97 Å². The van der Waals surface area contributed by atoms with Gasteiger partial charge in [0.1, 0.15) is 9.84 Å². The minimum atomic E-state index is -3.99. The Morgan fingerprint density at radius 3 is 2.38 bits per heavy atom. The van der Waals surface area contributed by atoms with E-state index < -0.39 is 31.9 Å². The minimum absolute atomic E-state index is 0.130. The maximum atomic E-state index is 12.1. The van der Waals surface area contributed by atoms with Crippen molar-refractivity contribution in [2.75, 3.05) is 12.0 Å². The Labute approximate surface area is 136 Å². The zero-order chi connectivity index (χ0) is 16.4. The van der Waals surface area contributed by atoms with Gasteiger partial charge < -0.3 is 5.11 Å². The minimum Gasteiger partial charge on any atom is -0.478 e. The first kappa shape index (κ1) is 18.3. The third-order valence-corrected chi connectivity index (χ3v) is 6.02. The maximum Gasteiger partial charge on any atom is 0.336 e. The summed E-state index contributed by atoms with van der Waals surface area (Å²) in [6.45, 7) is 1.42. The molecule has 21 heavy (non-hydrogen) atoms. The Hall–Kier alpha value is -0.720. The van der Waals surface area contributed by atoms with Crippen molar-refractivity contribution >= 4 is 48.4 Å². The van der Waals surface area contributed by atoms with Gasteiger partial charge in [-0.25, -0.2) is 26.4 Å². The van der Waals surface area contributed by atoms with Crippen LogP contribution in [0.15, 0.2) is 23.1 Å². The van der Waals surface area contributed by atoms with Crippen LogP contribution in [-0.2, 0) is 19.9 Å². The van der Waals surface area contributed by atoms with Crippen molar-refractivity contribution in [2.45, 2.75) is 17.9 Å². The van der Waals surface area contributed by atoms with Crippen LogP contribution in [0.4, 0.5) is 0 Å². The lowest BCUT2D eigenvalue weighted by Crippen LogP contribution is -2.37. The highest BCUT2D eigenvalue weighted by atomic mass is 127. The molecule has 0 bridgehead atoms. The molecule has 0 amide bonds. The Morgan fingerprint density at radius 2 is 1.90 bits per heavy atom. The summed E-state index contributed by atoms with van der Waals surface area (Å²) in [5.41, 5.74) is -0.130. The molecule has 0 fully saturated rings. The molecule has 0 aromatic heterocycles. The Bertz CT molecular complexity index is 757. The van der Waals surface area contributed by atoms with Crippen LogP contribution < -0.4 is 4.72 Å². The van der Waals surface area contributed by atoms with Crippen molar-refractivity contribution in [3.05, 3.63) is 27.3 Å². The maximum absolute atomic E-state index is 12.1. The van der Waals surface area contributed by atoms with Gasteiger partial charge in [0.15, 0.2) is 0 Å². The number of carboxylic acid groups (broad SMARTS) is 1. The number of benzene rings is 1. The second kappa shape index (κ2) is 6.58. The van der Waals surface area contributed by atoms with Crippen molar-refractivity contribution in [1.29, 1.82) is 0 Å². The van der Waals surface area contributed by atoms with Crippen molar-refractivity contribution in [1.82, 2.24) is 4.72 Å². The van der Waals surface area contributed by atoms with E-state index in [9.17, 15) is 21.6 Å². The molecule has 0 aliphatic heterocycles. The molecule has 1 unspecified atom stereocenters. The zero-order valence-electron chi connectivity index (χ0n) is 11.2. The average molecular weight is 447 g/mol. The van der Waals surface area contributed by atoms with Crippen molar-refractivity contribution in [2.24, 2.45) is 0 Å². The Morgan fingerprint density at radius 1 is 1.33 bits per heavy atom. The van der Waals surface area contributed by atoms with Crippen LogP contribution in [0.3, 0.4) is 0 Å². The molecule has 10 heteroatoms. The molecular formula is C11H14INO6S2. The molecule has 1 rings (SSSR count). The summed E-state index contributed by atoms with van der Waals surface area (Å²) in [6.07, 6.45) is 1.01. The van der Waals surface area contributed by atoms with Gasteiger partial charge in [-0.2, -0.15) is 0 Å². The first-order valence-electron chi connectivity index (χ1n) is 5.65. The molecule has 118 valence electrons. The number of sulfone groups is 1. The number of carbonyl (C=O) groups is 1. The highest BCUT2D eigenvalue weighted by Gasteiger charge is 2.22. The topological polar surface area (TPSA) is 118 Å². The summed E-state index contributed by atoms with van der Waals surface area (Å²) in [4.78, 5) is 10.8. The van der Waals surface area contributed by atoms with Gasteiger partial charge in [0.2, 0.25) is 10.0 Å². The molecule has 1 aromatic rings. The largest absolute Gasteiger partial charge is 0.478 e. The van der Waals surface area contributed by atoms with E-state index in [0.717, 1.165) is 12.3 Å². The van der Waals surface area contributed by atoms with E-state index in [0.29, 0.717) is 3.57 Å². The zero-order valence-corrected chi connectivity index (χ0v) is 15.0. The molecule has 0 radical (unpaired) electrons. The predicted molar refractivity (Wildman–Crippen MR) is 85.6 cm³/mol. The number of hydrogen-bond donors (Lipinski definition) is 2. The average Bonchev–Trinajstić information content (AvgIpc) is 2.24. The van der Waals surface area contributed by atoms with Crippen LogP contribution in [0, 0.1) is 3.57 Å². The molecule has 1 atom stereocenters. The number of sulfonamides is 1. The lowest BCUT2D eigenvalue weighted by Gasteiger charge is -2.13. The van der Waals surface area contributed by atoms with E-state index in [1.54, 1.807) is 22.6 Å². The van der Waals surface area contributed by atoms with E-state index in [1.165, 1.54) is 19.1 Å². The molecular weight excluding hydrogens is 433 g/mol. The lowest BCUT2D eigenvalue weighted by molar-refractivity contribution is 0.0695. The second-order valence-electron chi connectivity index (χ2n) is 4.56. The number of nitrogens with one attached hydrogen (secondary N) is 1. The van der Waals surface area contributed by atoms with Crippen molar-refractivity contribution in [3.8, 4) is 0 Å². The van der Waals surface area contributed by atoms with Gasteiger partial charge in [-0.1, -0.05) is 0 Å². The normalized spacial score (nSPS) is 13.9. The highest BCUT2D eigenvalue weighted by Crippen LogP contribution is 2.18. The molecule has 0 aliphatic carbocycles. The third-order valence-electron chi connectivity index (χ3n) is 2.39. The molecule has 0 heterocycles. The Balaban J connectivity index is 3.09. The second-order valence-corrected chi connectivity index (χ2v) is 9.62. The molecule has 1 aromatic carbocycles. The van der Waals surface area contributed by atoms with Crippen LogP contribution in [0.1, 0.15) is 17.3 Å². The molecule has 2 N–H and O–H groups in total. The van der Waals surface area contributed by atoms with Gasteiger partial charge in [-0.3, -0.25) is 0 Å². The smallest absolute Gasteiger partial charge is 0.336 e. The summed E-state index contributed by atoms with van der Waals surface area (Å²) in [7, 11) is -7.31. The van der Waals surface area contributed by atoms with Gasteiger partial charge in [0.05, 0.1) is 16.2 Å². The van der Waals surface area contributed by atoms with Gasteiger partial charge in [0, 0.05) is 15.9 Å². The summed E-state index contributed by atoms with van der Waals surface area (Å²) in [6, 6.07) is 2.86. The standard InChI is InChI=1S/C11H14INO6S2/c1-7(6-20(2,16)17)13-21(18,19)8-3-4-10(12)9(5-8)11(14)15/h3-5,7,13H,6H2,1-2H3,(H,14,15). The highest BCUT2D eigenvalue weighted by molar-refractivity contribution is 14.1. The monoisotopic (exact) mass is 447 g/mol. The van der Waals surface area contributed by atoms with Crippen LogP contribution in [0.25, 0.3) is 0 Å². The summed E-state index contributed by atoms with van der Waals surface area (Å²) in [5.74, 6) is -1.58. The summed E-state index contributed by atoms with van der Waals surface area (Å²) < 4.78 is 49.1. The van der Waals surface area contributed by atoms with Crippen LogP contribution >= 0.6 is 22.6 Å². The fourth-order valence-electron chi connectivity index (χ4n) is 1.66. The van der Waals surface area contributed by atoms with E-state index in [4.69, 9.17) is 5.11 Å². The first-order valence-corrected chi connectivity index (χ1v) is 10.3. The van der Waals surface area contributed by atoms with Gasteiger partial charge in [0.25, 0.3) is 0 Å². The lowest BCUT2D eigenvalue weighted by atomic mass is 10.2. The Kier molecular flexibility index (Phi) is 5.75. The quantitative estimate of drug-likeness (QED) is 0.621. The van der Waals surface area contributed by atoms with Gasteiger partial charge in [-0.05, 0) is 47.7 Å². The van der Waals surface area contributed by atoms with Crippen molar-refractivity contribution < 1.29 is 26.7 Å². The number of halogens is 1. The molecule has 0 spiro atoms. The summed E-state index contributed by atoms with van der Waals surface area (Å²) >= 11 is 1.79. The van der Waals surface area contributed by atoms with Crippen LogP contribution in [0.2, 0.25) is 0 Å². The first-order chi connectivity index (χ1) is 9.42. The predicted octanol–water partition coefficient (Wildman–Crippen LogP) is 0.701. The SMILES string of the molecule is CC(CS(C)(=O)=O)NS(=O)(=O)c1ccc(I)c(C(=O)O)c1. The third kappa shape index (κ3) is 5.52. The molecule has 0 saturated heterocycles. The molecule has 0 saturated carbocycles. The van der Waals surface area contributed by atoms with Crippen LogP contribution in [0.5, 0.6) is 0 Å². The number of hydrogen-bond acceptors (Lipinski definition) is 5. The molecule has 0 aliphatic rings. The van der Waals surface area contributed by atoms with E-state index >= 15 is 0 Å². The van der Waals surface area contributed by atoms with E-state index in [2.05, 4.69) is 4.72 Å². The fraction of sp³-hybridized carbons (Fsp3) is 0.364. The molecule has 7 nitrogen and oxygen atoms in total. The fourth-order valence-corrected chi connectivity index (χ4v) is 4.59. The number of aromatic carboxylic acids is 1. The number of carboxylic acids is 1. The number of rotatable bonds is 6. The van der Waals surface area contributed by atoms with Crippen molar-refractivity contribution in [3.63, 3.8) is 0 Å². The van der Waals surface area contributed by atoms with Gasteiger partial charge in [-0.15, -0.1) is 0 Å². The van der Waals surface area contributed by atoms with E-state index in [1.807, 2.05) is 0 Å². The van der Waals surface area contributed by atoms with E-state index in [-0.39, 0.29) is 16.2 Å². The van der Waals surface area contributed by atoms with Crippen LogP contribution in [-0.4, -0.2) is 46.0 Å².